The molecular weight excluding hydrogens is 366 g/mol. The summed E-state index contributed by atoms with van der Waals surface area (Å²) in [6.45, 7) is 2.65. The van der Waals surface area contributed by atoms with Crippen molar-refractivity contribution in [3.05, 3.63) is 34.9 Å². The number of ether oxygens (including phenoxy) is 1. The summed E-state index contributed by atoms with van der Waals surface area (Å²) in [5.74, 6) is -0.461. The number of hydrogen-bond donors (Lipinski definition) is 2. The number of carbonyl (C=O) groups is 1. The van der Waals surface area contributed by atoms with Crippen LogP contribution in [0, 0.1) is 5.92 Å². The van der Waals surface area contributed by atoms with E-state index < -0.39 is 10.2 Å². The average molecular weight is 390 g/mol. The molecule has 2 aliphatic rings. The molecule has 2 N–H and O–H groups in total. The molecule has 0 aromatic heterocycles. The van der Waals surface area contributed by atoms with Crippen LogP contribution in [-0.4, -0.2) is 38.9 Å². The molecule has 0 atom stereocenters. The number of hydrogen-bond acceptors (Lipinski definition) is 5. The molecule has 140 valence electrons. The summed E-state index contributed by atoms with van der Waals surface area (Å²) < 4.78 is 33.6. The number of piperidine rings is 1. The molecule has 25 heavy (non-hydrogen) atoms. The fourth-order valence-corrected chi connectivity index (χ4v) is 4.45. The van der Waals surface area contributed by atoms with Crippen molar-refractivity contribution in [2.45, 2.75) is 32.5 Å². The predicted molar refractivity (Wildman–Crippen MR) is 96.3 cm³/mol. The van der Waals surface area contributed by atoms with E-state index in [0.717, 1.165) is 18.7 Å². The third-order valence-corrected chi connectivity index (χ3v) is 6.24. The maximum Gasteiger partial charge on any atom is 0.308 e. The molecule has 9 heteroatoms. The smallest absolute Gasteiger partial charge is 0.308 e. The fraction of sp³-hybridized carbons (Fsp3) is 0.562. The highest BCUT2D eigenvalue weighted by molar-refractivity contribution is 7.87. The fourth-order valence-electron chi connectivity index (χ4n) is 3.22. The molecule has 1 fully saturated rings. The molecule has 0 spiro atoms. The van der Waals surface area contributed by atoms with Crippen LogP contribution in [0.25, 0.3) is 0 Å². The minimum atomic E-state index is -3.54. The van der Waals surface area contributed by atoms with Crippen LogP contribution in [0.15, 0.2) is 18.2 Å². The van der Waals surface area contributed by atoms with Gasteiger partial charge in [0.15, 0.2) is 0 Å². The van der Waals surface area contributed by atoms with Crippen molar-refractivity contribution in [1.29, 1.82) is 0 Å². The van der Waals surface area contributed by atoms with E-state index in [0.29, 0.717) is 25.9 Å². The summed E-state index contributed by atoms with van der Waals surface area (Å²) in [5.41, 5.74) is 3.45. The van der Waals surface area contributed by atoms with Crippen molar-refractivity contribution in [2.75, 3.05) is 20.2 Å². The molecule has 1 aromatic rings. The van der Waals surface area contributed by atoms with E-state index in [-0.39, 0.29) is 30.8 Å². The van der Waals surface area contributed by atoms with E-state index in [1.165, 1.54) is 22.5 Å². The number of methoxy groups -OCH3 is 1. The van der Waals surface area contributed by atoms with Gasteiger partial charge in [0.25, 0.3) is 10.2 Å². The van der Waals surface area contributed by atoms with E-state index in [2.05, 4.69) is 10.0 Å². The highest BCUT2D eigenvalue weighted by Crippen LogP contribution is 2.21. The van der Waals surface area contributed by atoms with Gasteiger partial charge in [-0.2, -0.15) is 17.4 Å². The number of esters is 1. The van der Waals surface area contributed by atoms with Gasteiger partial charge in [-0.1, -0.05) is 18.2 Å². The number of carbonyl (C=O) groups excluding carboxylic acids is 1. The molecule has 2 aliphatic heterocycles. The summed E-state index contributed by atoms with van der Waals surface area (Å²) in [7, 11) is -2.18. The highest BCUT2D eigenvalue weighted by atomic mass is 35.5. The van der Waals surface area contributed by atoms with Crippen LogP contribution in [0.5, 0.6) is 0 Å². The third kappa shape index (κ3) is 4.71. The minimum Gasteiger partial charge on any atom is -0.469 e. The van der Waals surface area contributed by atoms with Crippen molar-refractivity contribution >= 4 is 28.6 Å². The lowest BCUT2D eigenvalue weighted by molar-refractivity contribution is -0.146. The Kier molecular flexibility index (Phi) is 6.81. The average Bonchev–Trinajstić information content (AvgIpc) is 3.07. The maximum atomic E-state index is 12.4. The lowest BCUT2D eigenvalue weighted by atomic mass is 9.99. The second-order valence-corrected chi connectivity index (χ2v) is 7.98. The molecule has 7 nitrogen and oxygen atoms in total. The van der Waals surface area contributed by atoms with Gasteiger partial charge >= 0.3 is 5.97 Å². The van der Waals surface area contributed by atoms with Crippen LogP contribution in [0.3, 0.4) is 0 Å². The lowest BCUT2D eigenvalue weighted by Crippen LogP contribution is -2.45. The zero-order valence-corrected chi connectivity index (χ0v) is 15.8. The largest absolute Gasteiger partial charge is 0.469 e. The number of halogens is 1. The van der Waals surface area contributed by atoms with Crippen molar-refractivity contribution in [3.63, 3.8) is 0 Å². The van der Waals surface area contributed by atoms with Gasteiger partial charge in [0, 0.05) is 32.7 Å². The zero-order chi connectivity index (χ0) is 17.2. The van der Waals surface area contributed by atoms with Gasteiger partial charge in [0.05, 0.1) is 13.0 Å². The standard InChI is InChI=1S/C16H23N3O4S.ClH/c1-23-16(20)13-4-6-19(7-5-13)24(21,22)18-9-12-2-3-14-10-17-11-15(14)8-12;/h2-3,8,13,17-18H,4-7,9-11H2,1H3;1H. The lowest BCUT2D eigenvalue weighted by Gasteiger charge is -2.29. The summed E-state index contributed by atoms with van der Waals surface area (Å²) in [6.07, 6.45) is 0.996. The van der Waals surface area contributed by atoms with E-state index >= 15 is 0 Å². The van der Waals surface area contributed by atoms with Crippen LogP contribution >= 0.6 is 12.4 Å². The highest BCUT2D eigenvalue weighted by Gasteiger charge is 2.31. The van der Waals surface area contributed by atoms with Crippen molar-refractivity contribution in [2.24, 2.45) is 5.92 Å². The summed E-state index contributed by atoms with van der Waals surface area (Å²) in [6, 6.07) is 6.04. The van der Waals surface area contributed by atoms with E-state index in [9.17, 15) is 13.2 Å². The molecule has 0 bridgehead atoms. The van der Waals surface area contributed by atoms with Crippen LogP contribution < -0.4 is 10.0 Å². The molecule has 0 radical (unpaired) electrons. The van der Waals surface area contributed by atoms with Crippen LogP contribution in [0.2, 0.25) is 0 Å². The molecule has 1 aromatic carbocycles. The van der Waals surface area contributed by atoms with Gasteiger partial charge in [-0.25, -0.2) is 0 Å². The van der Waals surface area contributed by atoms with Crippen LogP contribution in [-0.2, 0) is 39.4 Å². The summed E-state index contributed by atoms with van der Waals surface area (Å²) >= 11 is 0. The predicted octanol–water partition coefficient (Wildman–Crippen LogP) is 0.931. The van der Waals surface area contributed by atoms with Gasteiger partial charge in [0.1, 0.15) is 0 Å². The zero-order valence-electron chi connectivity index (χ0n) is 14.2. The number of nitrogens with zero attached hydrogens (tertiary/aromatic N) is 1. The first kappa shape index (κ1) is 20.1. The van der Waals surface area contributed by atoms with Crippen molar-refractivity contribution < 1.29 is 17.9 Å². The number of benzene rings is 1. The van der Waals surface area contributed by atoms with E-state index in [1.54, 1.807) is 0 Å². The Labute approximate surface area is 154 Å². The Balaban J connectivity index is 0.00000225. The monoisotopic (exact) mass is 389 g/mol. The quantitative estimate of drug-likeness (QED) is 0.731. The normalized spacial score (nSPS) is 18.4. The Morgan fingerprint density at radius 2 is 1.96 bits per heavy atom. The number of fused-ring (bicyclic) bond motifs is 1. The third-order valence-electron chi connectivity index (χ3n) is 4.69. The number of rotatable bonds is 5. The summed E-state index contributed by atoms with van der Waals surface area (Å²) in [5, 5.41) is 3.27. The Morgan fingerprint density at radius 3 is 2.64 bits per heavy atom. The first-order chi connectivity index (χ1) is 11.5. The van der Waals surface area contributed by atoms with Gasteiger partial charge < -0.3 is 10.1 Å². The number of nitrogens with one attached hydrogen (secondary N) is 2. The Morgan fingerprint density at radius 1 is 1.28 bits per heavy atom. The molecule has 2 heterocycles. The molecule has 0 amide bonds. The minimum absolute atomic E-state index is 0. The molecule has 1 saturated heterocycles. The maximum absolute atomic E-state index is 12.4. The Hall–Kier alpha value is -1.19. The SMILES string of the molecule is COC(=O)C1CCN(S(=O)(=O)NCc2ccc3c(c2)CNC3)CC1.Cl. The van der Waals surface area contributed by atoms with Crippen LogP contribution in [0.4, 0.5) is 0 Å². The second kappa shape index (κ2) is 8.46. The summed E-state index contributed by atoms with van der Waals surface area (Å²) in [4.78, 5) is 11.5. The van der Waals surface area contributed by atoms with Gasteiger partial charge in [-0.15, -0.1) is 12.4 Å². The topological polar surface area (TPSA) is 87.7 Å². The molecule has 0 unspecified atom stereocenters. The van der Waals surface area contributed by atoms with Crippen LogP contribution in [0.1, 0.15) is 29.5 Å². The van der Waals surface area contributed by atoms with E-state index in [1.807, 2.05) is 18.2 Å². The van der Waals surface area contributed by atoms with Gasteiger partial charge in [-0.05, 0) is 29.5 Å². The van der Waals surface area contributed by atoms with Gasteiger partial charge in [-0.3, -0.25) is 4.79 Å². The van der Waals surface area contributed by atoms with Crippen molar-refractivity contribution in [1.82, 2.24) is 14.3 Å². The van der Waals surface area contributed by atoms with E-state index in [4.69, 9.17) is 4.74 Å². The first-order valence-electron chi connectivity index (χ1n) is 8.13. The second-order valence-electron chi connectivity index (χ2n) is 6.23. The van der Waals surface area contributed by atoms with Crippen molar-refractivity contribution in [3.8, 4) is 0 Å². The molecule has 3 rings (SSSR count). The van der Waals surface area contributed by atoms with Gasteiger partial charge in [0.2, 0.25) is 0 Å². The first-order valence-corrected chi connectivity index (χ1v) is 9.57. The molecule has 0 aliphatic carbocycles. The molecular formula is C16H24ClN3O4S. The molecule has 0 saturated carbocycles. The Bertz CT molecular complexity index is 718.